The predicted molar refractivity (Wildman–Crippen MR) is 254 cm³/mol. The molecule has 5 aromatic rings. The standard InChI is InChI=1S/C47H42ClF10N7O11S2/c1-44(2,77(3,72)73)14-13-25-5-8-27(28-9-10-31(48)37-39(28)64(21-45(51,52)53)62-42(37)65(78(4,74)75)43(71)76-26(6-11-34(67)68)7-12-35(69)70)38(59-25)32(17-22-15-23(49)18-24(50)16-22)60-33(66)20-63-41-36(40(61-63)47(56,57)58)29-19-30(29)46(41,54)55/h5,8-10,15-16,18,26,29-30,32H,6-7,11-12,17,19-21H2,1-4H3,(H,60,66)(H,67,68)(H,69,70)/t29-,30+,32-/m0/s1. The summed E-state index contributed by atoms with van der Waals surface area (Å²) in [5.41, 5.74) is -6.53. The van der Waals surface area contributed by atoms with Gasteiger partial charge in [-0.3, -0.25) is 23.7 Å². The Morgan fingerprint density at radius 1 is 0.910 bits per heavy atom. The third-order valence-corrected chi connectivity index (χ3v) is 15.9. The highest BCUT2D eigenvalue weighted by Gasteiger charge is 2.68. The highest BCUT2D eigenvalue weighted by molar-refractivity contribution is 7.93. The van der Waals surface area contributed by atoms with Crippen LogP contribution in [0.1, 0.15) is 91.8 Å². The number of alkyl halides is 8. The predicted octanol–water partition coefficient (Wildman–Crippen LogP) is 8.29. The first-order chi connectivity index (χ1) is 35.9. The first-order valence-electron chi connectivity index (χ1n) is 22.8. The summed E-state index contributed by atoms with van der Waals surface area (Å²) in [6, 6.07) is 4.27. The number of nitrogens with zero attached hydrogens (tertiary/aromatic N) is 6. The van der Waals surface area contributed by atoms with Gasteiger partial charge in [-0.2, -0.15) is 49.6 Å². The lowest BCUT2D eigenvalue weighted by Gasteiger charge is -2.23. The molecule has 2 aromatic carbocycles. The number of aliphatic carboxylic acids is 2. The fourth-order valence-corrected chi connectivity index (χ4v) is 10.0. The van der Waals surface area contributed by atoms with Gasteiger partial charge in [0.25, 0.3) is 5.92 Å². The van der Waals surface area contributed by atoms with E-state index in [-0.39, 0.29) is 31.3 Å². The normalized spacial score (nSPS) is 16.5. The lowest BCUT2D eigenvalue weighted by molar-refractivity contribution is -0.143. The molecule has 0 aliphatic heterocycles. The summed E-state index contributed by atoms with van der Waals surface area (Å²) in [5.74, 6) is -9.44. The van der Waals surface area contributed by atoms with E-state index in [0.717, 1.165) is 42.7 Å². The van der Waals surface area contributed by atoms with Gasteiger partial charge in [-0.1, -0.05) is 23.6 Å². The van der Waals surface area contributed by atoms with Crippen molar-refractivity contribution in [1.29, 1.82) is 0 Å². The molecule has 3 atom stereocenters. The topological polar surface area (TPSA) is 250 Å². The second-order valence-electron chi connectivity index (χ2n) is 18.9. The molecule has 1 fully saturated rings. The molecule has 0 bridgehead atoms. The van der Waals surface area contributed by atoms with Crippen molar-refractivity contribution in [2.24, 2.45) is 5.92 Å². The summed E-state index contributed by atoms with van der Waals surface area (Å²) in [5, 5.41) is 26.8. The third kappa shape index (κ3) is 12.6. The Balaban J connectivity index is 1.47. The zero-order valence-electron chi connectivity index (χ0n) is 40.7. The Labute approximate surface area is 440 Å². The fraction of sp³-hybridized carbons (Fsp3) is 0.426. The maximum Gasteiger partial charge on any atom is 0.435 e. The molecular formula is C47H42ClF10N7O11S2. The number of pyridine rings is 1. The van der Waals surface area contributed by atoms with Crippen LogP contribution in [0.5, 0.6) is 0 Å². The molecule has 78 heavy (non-hydrogen) atoms. The van der Waals surface area contributed by atoms with Gasteiger partial charge in [0, 0.05) is 47.8 Å². The molecule has 2 aliphatic carbocycles. The van der Waals surface area contributed by atoms with Crippen LogP contribution in [-0.4, -0.2) is 105 Å². The smallest absolute Gasteiger partial charge is 0.435 e. The van der Waals surface area contributed by atoms with E-state index in [1.54, 1.807) is 0 Å². The summed E-state index contributed by atoms with van der Waals surface area (Å²) in [6.07, 6.45) is -16.5. The van der Waals surface area contributed by atoms with Crippen molar-refractivity contribution < 1.29 is 94.9 Å². The number of amides is 2. The average molecular weight is 1170 g/mol. The monoisotopic (exact) mass is 1170 g/mol. The van der Waals surface area contributed by atoms with Gasteiger partial charge in [0.15, 0.2) is 21.3 Å². The second kappa shape index (κ2) is 21.0. The number of sulfone groups is 1. The number of nitrogens with one attached hydrogen (secondary N) is 1. The third-order valence-electron chi connectivity index (χ3n) is 12.6. The molecule has 0 radical (unpaired) electrons. The van der Waals surface area contributed by atoms with Crippen LogP contribution >= 0.6 is 11.6 Å². The lowest BCUT2D eigenvalue weighted by atomic mass is 9.93. The largest absolute Gasteiger partial charge is 0.481 e. The molecule has 0 saturated heterocycles. The molecule has 18 nitrogen and oxygen atoms in total. The number of fused-ring (bicyclic) bond motifs is 4. The molecule has 2 amide bonds. The van der Waals surface area contributed by atoms with Gasteiger partial charge >= 0.3 is 30.4 Å². The molecule has 3 aromatic heterocycles. The van der Waals surface area contributed by atoms with Crippen molar-refractivity contribution in [2.45, 2.75) is 107 Å². The summed E-state index contributed by atoms with van der Waals surface area (Å²) in [7, 11) is -9.04. The summed E-state index contributed by atoms with van der Waals surface area (Å²) < 4.78 is 204. The van der Waals surface area contributed by atoms with Crippen molar-refractivity contribution in [3.63, 3.8) is 0 Å². The second-order valence-corrected chi connectivity index (χ2v) is 23.7. The van der Waals surface area contributed by atoms with Crippen molar-refractivity contribution in [3.8, 4) is 23.0 Å². The molecular weight excluding hydrogens is 1130 g/mol. The van der Waals surface area contributed by atoms with Gasteiger partial charge < -0.3 is 20.3 Å². The molecule has 0 unspecified atom stereocenters. The number of carbonyl (C=O) groups excluding carboxylic acids is 2. The van der Waals surface area contributed by atoms with Crippen LogP contribution in [0.4, 0.5) is 54.5 Å². The number of carboxylic acids is 2. The number of benzene rings is 2. The molecule has 1 saturated carbocycles. The number of carbonyl (C=O) groups is 4. The van der Waals surface area contributed by atoms with Gasteiger partial charge in [-0.15, -0.1) is 0 Å². The molecule has 420 valence electrons. The number of aromatic nitrogens is 5. The highest BCUT2D eigenvalue weighted by Crippen LogP contribution is 2.68. The van der Waals surface area contributed by atoms with E-state index < -0.39 is 203 Å². The first kappa shape index (κ1) is 58.7. The Bertz CT molecular complexity index is 3540. The molecule has 2 aliphatic rings. The SMILES string of the molecule is CC(C)(C#Cc1ccc(-c2ccc(Cl)c3c(N(C(=O)OC(CCC(=O)O)CCC(=O)O)S(C)(=O)=O)nn(CC(F)(F)F)c23)c([C@H](Cc2cc(F)cc(F)c2)NC(=O)Cn2nc(C(F)(F)F)c3c2C(F)(F)[C@@H]2C[C@H]32)n1)S(C)(=O)=O. The Morgan fingerprint density at radius 3 is 2.06 bits per heavy atom. The van der Waals surface area contributed by atoms with Crippen LogP contribution < -0.4 is 9.62 Å². The number of anilines is 1. The average Bonchev–Trinajstić information content (AvgIpc) is 3.94. The van der Waals surface area contributed by atoms with Crippen LogP contribution in [0, 0.1) is 29.4 Å². The van der Waals surface area contributed by atoms with Crippen molar-refractivity contribution in [3.05, 3.63) is 93.0 Å². The number of hydrogen-bond acceptors (Lipinski definition) is 12. The van der Waals surface area contributed by atoms with Gasteiger partial charge in [0.2, 0.25) is 15.9 Å². The van der Waals surface area contributed by atoms with Crippen molar-refractivity contribution in [1.82, 2.24) is 29.9 Å². The number of carboxylic acid groups (broad SMARTS) is 2. The minimum Gasteiger partial charge on any atom is -0.481 e. The minimum atomic E-state index is -5.26. The van der Waals surface area contributed by atoms with Crippen LogP contribution in [-0.2, 0) is 70.6 Å². The quantitative estimate of drug-likeness (QED) is 0.0552. The molecule has 3 N–H and O–H groups in total. The Kier molecular flexibility index (Phi) is 15.8. The van der Waals surface area contributed by atoms with Gasteiger partial charge in [-0.25, -0.2) is 35.4 Å². The summed E-state index contributed by atoms with van der Waals surface area (Å²) >= 11 is 6.63. The molecule has 31 heteroatoms. The van der Waals surface area contributed by atoms with Crippen LogP contribution in [0.3, 0.4) is 0 Å². The van der Waals surface area contributed by atoms with E-state index >= 15 is 8.78 Å². The number of hydrogen-bond donors (Lipinski definition) is 3. The van der Waals surface area contributed by atoms with Crippen LogP contribution in [0.2, 0.25) is 5.02 Å². The van der Waals surface area contributed by atoms with Crippen molar-refractivity contribution in [2.75, 3.05) is 16.8 Å². The van der Waals surface area contributed by atoms with Gasteiger partial charge in [-0.05, 0) is 87.3 Å². The van der Waals surface area contributed by atoms with E-state index in [9.17, 15) is 81.4 Å². The number of halogens is 11. The van der Waals surface area contributed by atoms with E-state index in [4.69, 9.17) is 16.3 Å². The Morgan fingerprint density at radius 2 is 1.51 bits per heavy atom. The number of ether oxygens (including phenoxy) is 1. The van der Waals surface area contributed by atoms with E-state index in [2.05, 4.69) is 32.3 Å². The molecule has 3 heterocycles. The van der Waals surface area contributed by atoms with E-state index in [1.807, 2.05) is 0 Å². The molecule has 0 spiro atoms. The minimum absolute atomic E-state index is 0.145. The fourth-order valence-electron chi connectivity index (χ4n) is 8.80. The number of sulfonamides is 1. The lowest BCUT2D eigenvalue weighted by Crippen LogP contribution is -2.39. The highest BCUT2D eigenvalue weighted by atomic mass is 35.5. The zero-order chi connectivity index (χ0) is 58.0. The van der Waals surface area contributed by atoms with E-state index in [0.29, 0.717) is 12.3 Å². The van der Waals surface area contributed by atoms with Gasteiger partial charge in [0.1, 0.15) is 47.0 Å². The van der Waals surface area contributed by atoms with E-state index in [1.165, 1.54) is 13.8 Å². The van der Waals surface area contributed by atoms with Crippen LogP contribution in [0.15, 0.2) is 42.5 Å². The van der Waals surface area contributed by atoms with Crippen LogP contribution in [0.25, 0.3) is 22.0 Å². The zero-order valence-corrected chi connectivity index (χ0v) is 43.1. The summed E-state index contributed by atoms with van der Waals surface area (Å²) in [4.78, 5) is 55.5. The maximum absolute atomic E-state index is 15.6. The first-order valence-corrected chi connectivity index (χ1v) is 26.9. The van der Waals surface area contributed by atoms with Gasteiger partial charge in [0.05, 0.1) is 33.9 Å². The van der Waals surface area contributed by atoms with Crippen molar-refractivity contribution >= 4 is 72.1 Å². The Hall–Kier alpha value is -7.00. The molecule has 7 rings (SSSR count). The maximum atomic E-state index is 15.6. The number of rotatable bonds is 18. The summed E-state index contributed by atoms with van der Waals surface area (Å²) in [6.45, 7) is -1.04.